The van der Waals surface area contributed by atoms with Gasteiger partial charge in [-0.15, -0.1) is 0 Å². The minimum Gasteiger partial charge on any atom is -0.389 e. The minimum atomic E-state index is -3.93. The first-order chi connectivity index (χ1) is 17.1. The van der Waals surface area contributed by atoms with E-state index in [1.165, 1.54) is 0 Å². The summed E-state index contributed by atoms with van der Waals surface area (Å²) in [5.41, 5.74) is 2.94. The number of fused-ring (bicyclic) bond motifs is 1. The van der Waals surface area contributed by atoms with E-state index in [9.17, 15) is 18.3 Å². The van der Waals surface area contributed by atoms with Gasteiger partial charge < -0.3 is 15.7 Å². The van der Waals surface area contributed by atoms with Gasteiger partial charge in [-0.05, 0) is 73.7 Å². The van der Waals surface area contributed by atoms with Crippen molar-refractivity contribution in [1.29, 1.82) is 0 Å². The third kappa shape index (κ3) is 5.61. The number of sulfonamides is 1. The molecule has 1 aliphatic rings. The van der Waals surface area contributed by atoms with Gasteiger partial charge in [0.25, 0.3) is 5.91 Å². The van der Waals surface area contributed by atoms with Crippen molar-refractivity contribution in [2.75, 3.05) is 11.9 Å². The molecular weight excluding hydrogens is 474 g/mol. The number of nitrogens with one attached hydrogen (secondary N) is 3. The van der Waals surface area contributed by atoms with Gasteiger partial charge in [0.1, 0.15) is 0 Å². The number of benzene rings is 3. The fraction of sp³-hybridized carbons (Fsp3) is 0.321. The lowest BCUT2D eigenvalue weighted by Gasteiger charge is -2.43. The van der Waals surface area contributed by atoms with Crippen LogP contribution in [-0.4, -0.2) is 37.6 Å². The molecule has 4 rings (SSSR count). The van der Waals surface area contributed by atoms with Crippen molar-refractivity contribution < 1.29 is 18.3 Å². The fourth-order valence-electron chi connectivity index (χ4n) is 4.42. The van der Waals surface area contributed by atoms with Crippen molar-refractivity contribution in [3.63, 3.8) is 0 Å². The molecule has 3 aromatic carbocycles. The lowest BCUT2D eigenvalue weighted by atomic mass is 9.82. The largest absolute Gasteiger partial charge is 0.389 e. The summed E-state index contributed by atoms with van der Waals surface area (Å²) in [5, 5.41) is 17.3. The van der Waals surface area contributed by atoms with Gasteiger partial charge in [-0.3, -0.25) is 4.79 Å². The lowest BCUT2D eigenvalue weighted by Crippen LogP contribution is -2.54. The molecule has 190 valence electrons. The third-order valence-corrected chi connectivity index (χ3v) is 8.08. The molecule has 7 nitrogen and oxygen atoms in total. The summed E-state index contributed by atoms with van der Waals surface area (Å²) in [7, 11) is -3.93. The van der Waals surface area contributed by atoms with E-state index in [1.54, 1.807) is 42.5 Å². The highest BCUT2D eigenvalue weighted by atomic mass is 32.2. The highest BCUT2D eigenvalue weighted by molar-refractivity contribution is 7.89. The second-order valence-electron chi connectivity index (χ2n) is 9.68. The monoisotopic (exact) mass is 507 g/mol. The van der Waals surface area contributed by atoms with Crippen LogP contribution in [0, 0.1) is 0 Å². The predicted molar refractivity (Wildman–Crippen MR) is 142 cm³/mol. The second-order valence-corrected chi connectivity index (χ2v) is 11.4. The van der Waals surface area contributed by atoms with Crippen LogP contribution in [0.15, 0.2) is 77.7 Å². The van der Waals surface area contributed by atoms with Crippen LogP contribution < -0.4 is 15.4 Å². The van der Waals surface area contributed by atoms with Crippen LogP contribution in [-0.2, 0) is 22.9 Å². The highest BCUT2D eigenvalue weighted by Crippen LogP contribution is 2.39. The molecule has 1 aliphatic heterocycles. The average molecular weight is 508 g/mol. The Hall–Kier alpha value is -3.20. The van der Waals surface area contributed by atoms with Gasteiger partial charge in [0, 0.05) is 17.8 Å². The van der Waals surface area contributed by atoms with Crippen LogP contribution in [0.4, 0.5) is 5.69 Å². The third-order valence-electron chi connectivity index (χ3n) is 6.63. The average Bonchev–Trinajstić information content (AvgIpc) is 2.87. The summed E-state index contributed by atoms with van der Waals surface area (Å²) in [6.45, 7) is 6.09. The molecule has 4 N–H and O–H groups in total. The van der Waals surface area contributed by atoms with Crippen LogP contribution in [0.25, 0.3) is 0 Å². The molecule has 1 amide bonds. The van der Waals surface area contributed by atoms with Gasteiger partial charge in [0.05, 0.1) is 22.6 Å². The summed E-state index contributed by atoms with van der Waals surface area (Å²) >= 11 is 0. The Labute approximate surface area is 213 Å². The first-order valence-corrected chi connectivity index (χ1v) is 13.6. The Morgan fingerprint density at radius 3 is 2.36 bits per heavy atom. The number of aliphatic hydroxyl groups is 1. The van der Waals surface area contributed by atoms with E-state index in [0.29, 0.717) is 29.8 Å². The molecule has 0 aliphatic carbocycles. The zero-order chi connectivity index (χ0) is 25.9. The number of carbonyl (C=O) groups excluding carboxylic acids is 1. The summed E-state index contributed by atoms with van der Waals surface area (Å²) < 4.78 is 29.2. The van der Waals surface area contributed by atoms with E-state index in [2.05, 4.69) is 15.4 Å². The van der Waals surface area contributed by atoms with E-state index in [0.717, 1.165) is 17.5 Å². The number of aliphatic hydroxyl groups excluding tert-OH is 1. The SMILES string of the molecule is CCc1ccc(S(=O)(=O)N[C@@H]2c3cc(C(=O)NCCc4ccccc4)ccc3NC(C)(C)[C@H]2O)cc1. The first-order valence-electron chi connectivity index (χ1n) is 12.1. The quantitative estimate of drug-likeness (QED) is 0.371. The van der Waals surface area contributed by atoms with Crippen LogP contribution in [0.1, 0.15) is 53.9 Å². The number of rotatable bonds is 8. The van der Waals surface area contributed by atoms with Crippen molar-refractivity contribution in [3.05, 3.63) is 95.1 Å². The number of anilines is 1. The van der Waals surface area contributed by atoms with Gasteiger partial charge in [0.15, 0.2) is 0 Å². The van der Waals surface area contributed by atoms with Crippen molar-refractivity contribution in [1.82, 2.24) is 10.0 Å². The van der Waals surface area contributed by atoms with Gasteiger partial charge in [-0.2, -0.15) is 0 Å². The number of carbonyl (C=O) groups is 1. The van der Waals surface area contributed by atoms with Crippen molar-refractivity contribution >= 4 is 21.6 Å². The Balaban J connectivity index is 1.58. The molecule has 36 heavy (non-hydrogen) atoms. The van der Waals surface area contributed by atoms with Crippen molar-refractivity contribution in [3.8, 4) is 0 Å². The van der Waals surface area contributed by atoms with Crippen molar-refractivity contribution in [2.45, 2.75) is 56.2 Å². The highest BCUT2D eigenvalue weighted by Gasteiger charge is 2.43. The Morgan fingerprint density at radius 2 is 1.69 bits per heavy atom. The fourth-order valence-corrected chi connectivity index (χ4v) is 5.64. The molecule has 0 fully saturated rings. The zero-order valence-corrected chi connectivity index (χ0v) is 21.6. The number of hydrogen-bond donors (Lipinski definition) is 4. The predicted octanol–water partition coefficient (Wildman–Crippen LogP) is 3.81. The van der Waals surface area contributed by atoms with Gasteiger partial charge >= 0.3 is 0 Å². The standard InChI is InChI=1S/C28H33N3O4S/c1-4-19-10-13-22(14-11-19)36(34,35)31-25-23-18-21(12-15-24(23)30-28(2,3)26(25)32)27(33)29-17-16-20-8-6-5-7-9-20/h5-15,18,25-26,30-32H,4,16-17H2,1-3H3,(H,29,33)/t25-,26+/m1/s1. The van der Waals surface area contributed by atoms with E-state index >= 15 is 0 Å². The maximum Gasteiger partial charge on any atom is 0.251 e. The van der Waals surface area contributed by atoms with Crippen LogP contribution >= 0.6 is 0 Å². The smallest absolute Gasteiger partial charge is 0.251 e. The van der Waals surface area contributed by atoms with E-state index in [-0.39, 0.29) is 10.8 Å². The number of amides is 1. The molecule has 3 aromatic rings. The van der Waals surface area contributed by atoms with Crippen molar-refractivity contribution in [2.24, 2.45) is 0 Å². The molecule has 8 heteroatoms. The maximum atomic E-state index is 13.2. The number of aryl methyl sites for hydroxylation is 1. The Morgan fingerprint density at radius 1 is 1.00 bits per heavy atom. The molecule has 0 radical (unpaired) electrons. The summed E-state index contributed by atoms with van der Waals surface area (Å²) in [5.74, 6) is -0.259. The van der Waals surface area contributed by atoms with Gasteiger partial charge in [0.2, 0.25) is 10.0 Å². The Kier molecular flexibility index (Phi) is 7.49. The van der Waals surface area contributed by atoms with Crippen LogP contribution in [0.3, 0.4) is 0 Å². The molecule has 0 aromatic heterocycles. The molecular formula is C28H33N3O4S. The lowest BCUT2D eigenvalue weighted by molar-refractivity contribution is 0.0769. The summed E-state index contributed by atoms with van der Waals surface area (Å²) in [6, 6.07) is 20.7. The minimum absolute atomic E-state index is 0.125. The van der Waals surface area contributed by atoms with Gasteiger partial charge in [-0.1, -0.05) is 49.4 Å². The normalized spacial score (nSPS) is 18.7. The first kappa shape index (κ1) is 25.9. The van der Waals surface area contributed by atoms with Crippen LogP contribution in [0.2, 0.25) is 0 Å². The van der Waals surface area contributed by atoms with Crippen LogP contribution in [0.5, 0.6) is 0 Å². The molecule has 0 saturated carbocycles. The second kappa shape index (κ2) is 10.4. The molecule has 0 bridgehead atoms. The summed E-state index contributed by atoms with van der Waals surface area (Å²) in [6.07, 6.45) is 0.426. The maximum absolute atomic E-state index is 13.2. The zero-order valence-electron chi connectivity index (χ0n) is 20.8. The van der Waals surface area contributed by atoms with E-state index < -0.39 is 27.7 Å². The molecule has 2 atom stereocenters. The number of hydrogen-bond acceptors (Lipinski definition) is 5. The molecule has 0 unspecified atom stereocenters. The van der Waals surface area contributed by atoms with E-state index in [4.69, 9.17) is 0 Å². The molecule has 0 saturated heterocycles. The molecule has 0 spiro atoms. The Bertz CT molecular complexity index is 1320. The molecule has 1 heterocycles. The van der Waals surface area contributed by atoms with E-state index in [1.807, 2.05) is 51.1 Å². The summed E-state index contributed by atoms with van der Waals surface area (Å²) in [4.78, 5) is 13.0. The topological polar surface area (TPSA) is 108 Å². The van der Waals surface area contributed by atoms with Gasteiger partial charge in [-0.25, -0.2) is 13.1 Å².